The van der Waals surface area contributed by atoms with Crippen molar-refractivity contribution in [3.8, 4) is 0 Å². The Morgan fingerprint density at radius 3 is 2.84 bits per heavy atom. The van der Waals surface area contributed by atoms with Gasteiger partial charge in [-0.25, -0.2) is 0 Å². The van der Waals surface area contributed by atoms with Crippen LogP contribution in [0.2, 0.25) is 0 Å². The summed E-state index contributed by atoms with van der Waals surface area (Å²) in [7, 11) is 1.60. The van der Waals surface area contributed by atoms with Gasteiger partial charge in [-0.05, 0) is 25.0 Å². The summed E-state index contributed by atoms with van der Waals surface area (Å²) in [6.45, 7) is 2.55. The number of carbonyl (C=O) groups excluding carboxylic acids is 1. The second kappa shape index (κ2) is 6.94. The molecule has 1 aromatic heterocycles. The average Bonchev–Trinajstić information content (AvgIpc) is 3.10. The molecule has 0 saturated carbocycles. The molecule has 0 aliphatic carbocycles. The summed E-state index contributed by atoms with van der Waals surface area (Å²) in [5.74, 6) is -0.212. The highest BCUT2D eigenvalue weighted by Crippen LogP contribution is 2.11. The lowest BCUT2D eigenvalue weighted by Gasteiger charge is -2.19. The minimum Gasteiger partial charge on any atom is -0.462 e. The maximum Gasteiger partial charge on any atom is 0.317 e. The molecule has 0 spiro atoms. The molecule has 104 valence electrons. The average molecular weight is 266 g/mol. The van der Waals surface area contributed by atoms with Crippen molar-refractivity contribution in [2.24, 2.45) is 4.99 Å². The predicted octanol–water partition coefficient (Wildman–Crippen LogP) is 1.53. The van der Waals surface area contributed by atoms with E-state index in [0.717, 1.165) is 25.9 Å². The Bertz CT molecular complexity index is 422. The van der Waals surface area contributed by atoms with Gasteiger partial charge in [0.1, 0.15) is 6.61 Å². The Morgan fingerprint density at radius 1 is 1.42 bits per heavy atom. The number of methoxy groups -OCH3 is 1. The summed E-state index contributed by atoms with van der Waals surface area (Å²) in [6, 6.07) is 3.60. The predicted molar refractivity (Wildman–Crippen MR) is 69.1 cm³/mol. The number of nitrogens with zero attached hydrogens (tertiary/aromatic N) is 2. The van der Waals surface area contributed by atoms with Crippen LogP contribution in [0.5, 0.6) is 0 Å². The van der Waals surface area contributed by atoms with Crippen molar-refractivity contribution >= 4 is 11.9 Å². The van der Waals surface area contributed by atoms with Crippen molar-refractivity contribution in [1.82, 2.24) is 4.90 Å². The van der Waals surface area contributed by atoms with Crippen LogP contribution in [0.4, 0.5) is 0 Å². The van der Waals surface area contributed by atoms with Gasteiger partial charge in [0, 0.05) is 20.2 Å². The first-order valence-electron chi connectivity index (χ1n) is 6.34. The number of amidine groups is 1. The SMILES string of the molecule is COCCOC(=NC(=O)c1ccco1)N1CCCC1. The third kappa shape index (κ3) is 3.82. The van der Waals surface area contributed by atoms with Crippen LogP contribution >= 0.6 is 0 Å². The molecular formula is C13H18N2O4. The highest BCUT2D eigenvalue weighted by molar-refractivity contribution is 5.99. The molecule has 1 fully saturated rings. The van der Waals surface area contributed by atoms with E-state index in [0.29, 0.717) is 19.2 Å². The third-order valence-corrected chi connectivity index (χ3v) is 2.82. The minimum absolute atomic E-state index is 0.215. The molecule has 6 heteroatoms. The van der Waals surface area contributed by atoms with Crippen LogP contribution in [-0.4, -0.2) is 50.2 Å². The number of likely N-dealkylation sites (tertiary alicyclic amines) is 1. The first kappa shape index (κ1) is 13.6. The first-order valence-corrected chi connectivity index (χ1v) is 6.34. The Morgan fingerprint density at radius 2 is 2.21 bits per heavy atom. The fraction of sp³-hybridized carbons (Fsp3) is 0.538. The molecule has 6 nitrogen and oxygen atoms in total. The maximum absolute atomic E-state index is 11.9. The topological polar surface area (TPSA) is 64.3 Å². The fourth-order valence-electron chi connectivity index (χ4n) is 1.86. The first-order chi connectivity index (χ1) is 9.31. The lowest BCUT2D eigenvalue weighted by Crippen LogP contribution is -2.32. The van der Waals surface area contributed by atoms with Crippen molar-refractivity contribution < 1.29 is 18.7 Å². The number of aliphatic imine (C=N–C) groups is 1. The second-order valence-electron chi connectivity index (χ2n) is 4.21. The van der Waals surface area contributed by atoms with Crippen LogP contribution in [-0.2, 0) is 9.47 Å². The van der Waals surface area contributed by atoms with Gasteiger partial charge in [0.2, 0.25) is 0 Å². The maximum atomic E-state index is 11.9. The van der Waals surface area contributed by atoms with Gasteiger partial charge in [-0.2, -0.15) is 4.99 Å². The highest BCUT2D eigenvalue weighted by atomic mass is 16.5. The highest BCUT2D eigenvalue weighted by Gasteiger charge is 2.20. The number of rotatable bonds is 4. The third-order valence-electron chi connectivity index (χ3n) is 2.82. The number of hydrogen-bond acceptors (Lipinski definition) is 4. The van der Waals surface area contributed by atoms with Gasteiger partial charge >= 0.3 is 5.91 Å². The number of amides is 1. The molecule has 19 heavy (non-hydrogen) atoms. The van der Waals surface area contributed by atoms with Gasteiger partial charge in [-0.1, -0.05) is 0 Å². The summed E-state index contributed by atoms with van der Waals surface area (Å²) in [5.41, 5.74) is 0. The molecule has 0 N–H and O–H groups in total. The lowest BCUT2D eigenvalue weighted by atomic mass is 10.4. The van der Waals surface area contributed by atoms with Gasteiger partial charge in [0.25, 0.3) is 6.02 Å². The zero-order chi connectivity index (χ0) is 13.5. The van der Waals surface area contributed by atoms with Crippen molar-refractivity contribution in [3.63, 3.8) is 0 Å². The summed E-state index contributed by atoms with van der Waals surface area (Å²) >= 11 is 0. The van der Waals surface area contributed by atoms with Gasteiger partial charge in [0.15, 0.2) is 5.76 Å². The molecule has 0 radical (unpaired) electrons. The van der Waals surface area contributed by atoms with Crippen molar-refractivity contribution in [2.45, 2.75) is 12.8 Å². The molecule has 0 unspecified atom stereocenters. The van der Waals surface area contributed by atoms with E-state index in [1.54, 1.807) is 19.2 Å². The van der Waals surface area contributed by atoms with Crippen molar-refractivity contribution in [1.29, 1.82) is 0 Å². The number of ether oxygens (including phenoxy) is 2. The van der Waals surface area contributed by atoms with Crippen LogP contribution in [0, 0.1) is 0 Å². The fourth-order valence-corrected chi connectivity index (χ4v) is 1.86. The quantitative estimate of drug-likeness (QED) is 0.470. The van der Waals surface area contributed by atoms with Crippen LogP contribution in [0.1, 0.15) is 23.4 Å². The standard InChI is InChI=1S/C13H18N2O4/c1-17-9-10-19-13(15-6-2-3-7-15)14-12(16)11-5-4-8-18-11/h4-5,8H,2-3,6-7,9-10H2,1H3. The number of furan rings is 1. The summed E-state index contributed by atoms with van der Waals surface area (Å²) in [5, 5.41) is 0. The van der Waals surface area contributed by atoms with E-state index in [9.17, 15) is 4.79 Å². The van der Waals surface area contributed by atoms with Gasteiger partial charge < -0.3 is 18.8 Å². The molecule has 2 rings (SSSR count). The van der Waals surface area contributed by atoms with Gasteiger partial charge in [0.05, 0.1) is 12.9 Å². The molecule has 0 bridgehead atoms. The normalized spacial score (nSPS) is 15.8. The molecule has 0 atom stereocenters. The van der Waals surface area contributed by atoms with Crippen LogP contribution in [0.3, 0.4) is 0 Å². The van der Waals surface area contributed by atoms with E-state index in [-0.39, 0.29) is 5.76 Å². The summed E-state index contributed by atoms with van der Waals surface area (Å²) in [6.07, 6.45) is 3.62. The molecular weight excluding hydrogens is 248 g/mol. The van der Waals surface area contributed by atoms with Crippen molar-refractivity contribution in [2.75, 3.05) is 33.4 Å². The zero-order valence-electron chi connectivity index (χ0n) is 11.0. The number of hydrogen-bond donors (Lipinski definition) is 0. The summed E-state index contributed by atoms with van der Waals surface area (Å²) < 4.78 is 15.5. The van der Waals surface area contributed by atoms with Gasteiger partial charge in [-0.3, -0.25) is 4.79 Å². The van der Waals surface area contributed by atoms with E-state index in [2.05, 4.69) is 4.99 Å². The molecule has 1 amide bonds. The molecule has 1 saturated heterocycles. The van der Waals surface area contributed by atoms with E-state index in [1.807, 2.05) is 4.90 Å². The van der Waals surface area contributed by atoms with Crippen LogP contribution in [0.25, 0.3) is 0 Å². The largest absolute Gasteiger partial charge is 0.462 e. The molecule has 0 aromatic carbocycles. The molecule has 1 aromatic rings. The molecule has 1 aliphatic heterocycles. The van der Waals surface area contributed by atoms with E-state index in [4.69, 9.17) is 13.9 Å². The van der Waals surface area contributed by atoms with Crippen molar-refractivity contribution in [3.05, 3.63) is 24.2 Å². The molecule has 2 heterocycles. The van der Waals surface area contributed by atoms with Crippen LogP contribution in [0.15, 0.2) is 27.8 Å². The second-order valence-corrected chi connectivity index (χ2v) is 4.21. The van der Waals surface area contributed by atoms with E-state index in [1.165, 1.54) is 6.26 Å². The Hall–Kier alpha value is -1.82. The van der Waals surface area contributed by atoms with E-state index < -0.39 is 5.91 Å². The Labute approximate surface area is 112 Å². The van der Waals surface area contributed by atoms with Crippen LogP contribution < -0.4 is 0 Å². The smallest absolute Gasteiger partial charge is 0.317 e. The summed E-state index contributed by atoms with van der Waals surface area (Å²) in [4.78, 5) is 17.9. The minimum atomic E-state index is -0.427. The Kier molecular flexibility index (Phi) is 4.97. The zero-order valence-corrected chi connectivity index (χ0v) is 11.0. The number of carbonyl (C=O) groups is 1. The molecule has 1 aliphatic rings. The van der Waals surface area contributed by atoms with E-state index >= 15 is 0 Å². The Balaban J connectivity index is 2.04. The van der Waals surface area contributed by atoms with Gasteiger partial charge in [-0.15, -0.1) is 0 Å². The monoisotopic (exact) mass is 266 g/mol. The lowest BCUT2D eigenvalue weighted by molar-refractivity contribution is 0.0958.